The molecule has 8 nitrogen and oxygen atoms in total. The molecule has 2 amide bonds. The topological polar surface area (TPSA) is 117 Å². The summed E-state index contributed by atoms with van der Waals surface area (Å²) in [7, 11) is 1.99. The first-order valence-corrected chi connectivity index (χ1v) is 10.9. The number of aromatic nitrogens is 2. The zero-order valence-electron chi connectivity index (χ0n) is 18.1. The van der Waals surface area contributed by atoms with Crippen molar-refractivity contribution in [2.24, 2.45) is 11.7 Å². The summed E-state index contributed by atoms with van der Waals surface area (Å²) in [5, 5.41) is 16.8. The summed E-state index contributed by atoms with van der Waals surface area (Å²) in [5.74, 6) is -0.966. The number of rotatable bonds is 7. The van der Waals surface area contributed by atoms with Crippen LogP contribution in [-0.2, 0) is 10.3 Å². The average Bonchev–Trinajstić information content (AvgIpc) is 3.54. The van der Waals surface area contributed by atoms with Crippen molar-refractivity contribution in [1.29, 1.82) is 5.26 Å². The second-order valence-electron chi connectivity index (χ2n) is 8.84. The van der Waals surface area contributed by atoms with Crippen LogP contribution >= 0.6 is 0 Å². The smallest absolute Gasteiger partial charge is 0.254 e. The highest BCUT2D eigenvalue weighted by atomic mass is 19.1. The minimum Gasteiger partial charge on any atom is -0.372 e. The molecule has 3 N–H and O–H groups in total. The summed E-state index contributed by atoms with van der Waals surface area (Å²) in [6, 6.07) is 8.90. The van der Waals surface area contributed by atoms with Crippen LogP contribution in [0.25, 0.3) is 0 Å². The fraction of sp³-hybridized carbons (Fsp3) is 0.478. The molecule has 2 aliphatic rings. The minimum atomic E-state index is -0.667. The Bertz CT molecular complexity index is 1050. The van der Waals surface area contributed by atoms with E-state index >= 15 is 0 Å². The average molecular weight is 439 g/mol. The van der Waals surface area contributed by atoms with Crippen molar-refractivity contribution >= 4 is 23.3 Å². The summed E-state index contributed by atoms with van der Waals surface area (Å²) in [4.78, 5) is 26.3. The van der Waals surface area contributed by atoms with E-state index in [0.717, 1.165) is 31.4 Å². The molecule has 2 fully saturated rings. The minimum absolute atomic E-state index is 0.0358. The van der Waals surface area contributed by atoms with E-state index < -0.39 is 11.4 Å². The zero-order chi connectivity index (χ0) is 22.9. The number of carbonyl (C=O) groups is 2. The lowest BCUT2D eigenvalue weighted by atomic mass is 9.77. The summed E-state index contributed by atoms with van der Waals surface area (Å²) in [6.07, 6.45) is 6.40. The maximum atomic E-state index is 13.3. The van der Waals surface area contributed by atoms with Gasteiger partial charge in [0.15, 0.2) is 5.82 Å². The number of halogens is 1. The zero-order valence-corrected chi connectivity index (χ0v) is 18.1. The third-order valence-corrected chi connectivity index (χ3v) is 6.73. The number of amides is 2. The number of hydrogen-bond donors (Lipinski definition) is 2. The molecule has 2 saturated carbocycles. The number of benzene rings is 1. The predicted octanol–water partition coefficient (Wildman–Crippen LogP) is 3.16. The normalized spacial score (nSPS) is 22.7. The van der Waals surface area contributed by atoms with Crippen molar-refractivity contribution < 1.29 is 14.0 Å². The fourth-order valence-corrected chi connectivity index (χ4v) is 4.50. The second kappa shape index (κ2) is 8.61. The van der Waals surface area contributed by atoms with Crippen LogP contribution in [0.5, 0.6) is 0 Å². The largest absolute Gasteiger partial charge is 0.372 e. The van der Waals surface area contributed by atoms with Gasteiger partial charge in [-0.3, -0.25) is 14.3 Å². The standard InChI is InChI=1S/C23H27FN6O2/c1-29(17-6-4-16(24)5-7-17)18-8-10-23(11-9-18,12-13-25)30-14-19(20(26)31)21(28-30)27-22(32)15-2-3-15/h4-7,14-15,18H,2-3,8-12H2,1H3,(H2,26,31)(H,27,28,32). The molecule has 1 aromatic carbocycles. The van der Waals surface area contributed by atoms with Gasteiger partial charge in [0.25, 0.3) is 5.91 Å². The quantitative estimate of drug-likeness (QED) is 0.689. The summed E-state index contributed by atoms with van der Waals surface area (Å²) >= 11 is 0. The molecular formula is C23H27FN6O2. The Balaban J connectivity index is 1.54. The Morgan fingerprint density at radius 1 is 1.28 bits per heavy atom. The van der Waals surface area contributed by atoms with Gasteiger partial charge >= 0.3 is 0 Å². The van der Waals surface area contributed by atoms with Crippen LogP contribution in [0.3, 0.4) is 0 Å². The van der Waals surface area contributed by atoms with E-state index in [4.69, 9.17) is 5.73 Å². The second-order valence-corrected chi connectivity index (χ2v) is 8.84. The van der Waals surface area contributed by atoms with Crippen molar-refractivity contribution in [3.05, 3.63) is 41.8 Å². The predicted molar refractivity (Wildman–Crippen MR) is 117 cm³/mol. The van der Waals surface area contributed by atoms with Crippen LogP contribution in [0.2, 0.25) is 0 Å². The van der Waals surface area contributed by atoms with Crippen LogP contribution in [0.4, 0.5) is 15.9 Å². The lowest BCUT2D eigenvalue weighted by molar-refractivity contribution is -0.117. The molecule has 0 atom stereocenters. The van der Waals surface area contributed by atoms with E-state index in [1.165, 1.54) is 12.1 Å². The number of carbonyl (C=O) groups excluding carboxylic acids is 2. The molecule has 0 spiro atoms. The number of nitrogens with zero attached hydrogens (tertiary/aromatic N) is 4. The summed E-state index contributed by atoms with van der Waals surface area (Å²) in [6.45, 7) is 0. The van der Waals surface area contributed by atoms with Crippen molar-refractivity contribution in [2.75, 3.05) is 17.3 Å². The van der Waals surface area contributed by atoms with Crippen molar-refractivity contribution in [3.63, 3.8) is 0 Å². The number of anilines is 2. The lowest BCUT2D eigenvalue weighted by Gasteiger charge is -2.42. The van der Waals surface area contributed by atoms with E-state index in [9.17, 15) is 19.2 Å². The van der Waals surface area contributed by atoms with Crippen molar-refractivity contribution in [2.45, 2.75) is 56.5 Å². The van der Waals surface area contributed by atoms with Gasteiger partial charge in [0.05, 0.1) is 18.0 Å². The Hall–Kier alpha value is -3.41. The first-order valence-electron chi connectivity index (χ1n) is 10.9. The van der Waals surface area contributed by atoms with Crippen LogP contribution in [0.1, 0.15) is 55.3 Å². The molecule has 1 aromatic heterocycles. The number of nitriles is 1. The summed E-state index contributed by atoms with van der Waals surface area (Å²) < 4.78 is 14.9. The van der Waals surface area contributed by atoms with E-state index in [2.05, 4.69) is 21.4 Å². The maximum absolute atomic E-state index is 13.3. The van der Waals surface area contributed by atoms with Gasteiger partial charge in [0, 0.05) is 30.9 Å². The monoisotopic (exact) mass is 438 g/mol. The molecule has 2 aliphatic carbocycles. The molecule has 0 bridgehead atoms. The van der Waals surface area contributed by atoms with Gasteiger partial charge in [0.2, 0.25) is 5.91 Å². The first kappa shape index (κ1) is 21.8. The highest BCUT2D eigenvalue weighted by molar-refractivity contribution is 6.02. The third-order valence-electron chi connectivity index (χ3n) is 6.73. The van der Waals surface area contributed by atoms with E-state index in [-0.39, 0.29) is 41.5 Å². The SMILES string of the molecule is CN(c1ccc(F)cc1)C1CCC(CC#N)(n2cc(C(N)=O)c(NC(=O)C3CC3)n2)CC1. The van der Waals surface area contributed by atoms with Gasteiger partial charge in [-0.1, -0.05) is 0 Å². The van der Waals surface area contributed by atoms with Gasteiger partial charge in [-0.25, -0.2) is 4.39 Å². The van der Waals surface area contributed by atoms with Gasteiger partial charge in [-0.15, -0.1) is 0 Å². The van der Waals surface area contributed by atoms with Crippen LogP contribution in [0, 0.1) is 23.1 Å². The van der Waals surface area contributed by atoms with Gasteiger partial charge < -0.3 is 16.0 Å². The molecule has 1 heterocycles. The van der Waals surface area contributed by atoms with Crippen molar-refractivity contribution in [1.82, 2.24) is 9.78 Å². The van der Waals surface area contributed by atoms with Crippen LogP contribution in [0.15, 0.2) is 30.5 Å². The molecule has 2 aromatic rings. The number of nitrogens with one attached hydrogen (secondary N) is 1. The van der Waals surface area contributed by atoms with Gasteiger partial charge in [0.1, 0.15) is 11.4 Å². The molecule has 0 radical (unpaired) electrons. The van der Waals surface area contributed by atoms with Crippen molar-refractivity contribution in [3.8, 4) is 6.07 Å². The number of nitrogens with two attached hydrogens (primary N) is 1. The first-order chi connectivity index (χ1) is 15.3. The summed E-state index contributed by atoms with van der Waals surface area (Å²) in [5.41, 5.74) is 6.04. The maximum Gasteiger partial charge on any atom is 0.254 e. The highest BCUT2D eigenvalue weighted by Crippen LogP contribution is 2.40. The Kier molecular flexibility index (Phi) is 5.87. The van der Waals surface area contributed by atoms with E-state index in [1.807, 2.05) is 7.05 Å². The molecule has 0 unspecified atom stereocenters. The number of hydrogen-bond acceptors (Lipinski definition) is 5. The molecule has 0 saturated heterocycles. The molecule has 0 aliphatic heterocycles. The van der Waals surface area contributed by atoms with E-state index in [1.54, 1.807) is 23.0 Å². The molecule has 9 heteroatoms. The highest BCUT2D eigenvalue weighted by Gasteiger charge is 2.40. The van der Waals surface area contributed by atoms with Gasteiger partial charge in [-0.2, -0.15) is 10.4 Å². The third kappa shape index (κ3) is 4.31. The fourth-order valence-electron chi connectivity index (χ4n) is 4.50. The van der Waals surface area contributed by atoms with E-state index in [0.29, 0.717) is 12.8 Å². The molecule has 4 rings (SSSR count). The van der Waals surface area contributed by atoms with Gasteiger partial charge in [-0.05, 0) is 62.8 Å². The number of primary amides is 1. The van der Waals surface area contributed by atoms with Crippen LogP contribution < -0.4 is 16.0 Å². The lowest BCUT2D eigenvalue weighted by Crippen LogP contribution is -2.44. The Morgan fingerprint density at radius 2 is 1.94 bits per heavy atom. The Morgan fingerprint density at radius 3 is 2.50 bits per heavy atom. The Labute approximate surface area is 186 Å². The molecule has 168 valence electrons. The van der Waals surface area contributed by atoms with Crippen LogP contribution in [-0.4, -0.2) is 34.7 Å². The molecule has 32 heavy (non-hydrogen) atoms. The molecular weight excluding hydrogens is 411 g/mol.